The summed E-state index contributed by atoms with van der Waals surface area (Å²) in [6.07, 6.45) is 1.11. The third-order valence-corrected chi connectivity index (χ3v) is 6.45. The van der Waals surface area contributed by atoms with E-state index in [0.717, 1.165) is 82.8 Å². The summed E-state index contributed by atoms with van der Waals surface area (Å²) in [5.41, 5.74) is 1.21. The van der Waals surface area contributed by atoms with E-state index in [0.29, 0.717) is 12.1 Å². The number of likely N-dealkylation sites (tertiary alicyclic amines) is 1. The molecule has 0 aromatic heterocycles. The molecule has 33 heavy (non-hydrogen) atoms. The highest BCUT2D eigenvalue weighted by atomic mass is 127. The Morgan fingerprint density at radius 3 is 2.36 bits per heavy atom. The minimum absolute atomic E-state index is 0. The zero-order chi connectivity index (χ0) is 22.9. The number of aliphatic imine (C=N–C) groups is 1. The van der Waals surface area contributed by atoms with Crippen molar-refractivity contribution in [3.8, 4) is 11.5 Å². The van der Waals surface area contributed by atoms with Crippen LogP contribution in [-0.4, -0.2) is 106 Å². The van der Waals surface area contributed by atoms with Crippen LogP contribution in [0.25, 0.3) is 0 Å². The van der Waals surface area contributed by atoms with Gasteiger partial charge in [-0.25, -0.2) is 0 Å². The van der Waals surface area contributed by atoms with Crippen molar-refractivity contribution in [1.29, 1.82) is 0 Å². The number of hydrogen-bond donors (Lipinski definition) is 2. The standard InChI is InChI=1S/C24H42N6O2.HI/c1-6-25-24(26-16-19(2)30-11-9-28(3)10-12-30)27-21-7-8-29(18-21)17-20-13-22(31-4)15-23(14-20)32-5;/h13-15,19,21H,6-12,16-18H2,1-5H3,(H2,25,26,27);1H. The first kappa shape index (κ1) is 27.9. The summed E-state index contributed by atoms with van der Waals surface area (Å²) in [5.74, 6) is 2.61. The lowest BCUT2D eigenvalue weighted by atomic mass is 10.2. The molecule has 0 radical (unpaired) electrons. The Hall–Kier alpha value is -1.30. The van der Waals surface area contributed by atoms with Crippen LogP contribution in [-0.2, 0) is 6.54 Å². The first-order chi connectivity index (χ1) is 15.5. The number of piperazine rings is 1. The molecule has 3 rings (SSSR count). The highest BCUT2D eigenvalue weighted by molar-refractivity contribution is 14.0. The Bertz CT molecular complexity index is 719. The number of guanidine groups is 1. The average molecular weight is 575 g/mol. The van der Waals surface area contributed by atoms with Gasteiger partial charge in [0.1, 0.15) is 11.5 Å². The highest BCUT2D eigenvalue weighted by Gasteiger charge is 2.24. The number of rotatable bonds is 9. The maximum Gasteiger partial charge on any atom is 0.191 e. The zero-order valence-corrected chi connectivity index (χ0v) is 23.3. The Kier molecular flexibility index (Phi) is 12.0. The molecule has 2 aliphatic rings. The number of ether oxygens (including phenoxy) is 2. The van der Waals surface area contributed by atoms with E-state index in [1.165, 1.54) is 5.56 Å². The average Bonchev–Trinajstić information content (AvgIpc) is 3.24. The van der Waals surface area contributed by atoms with Gasteiger partial charge in [-0.3, -0.25) is 14.8 Å². The van der Waals surface area contributed by atoms with Crippen molar-refractivity contribution in [2.75, 3.05) is 73.6 Å². The molecule has 0 amide bonds. The van der Waals surface area contributed by atoms with Gasteiger partial charge < -0.3 is 25.0 Å². The normalized spacial score (nSPS) is 21.4. The quantitative estimate of drug-likeness (QED) is 0.266. The van der Waals surface area contributed by atoms with Crippen LogP contribution in [0.3, 0.4) is 0 Å². The molecule has 0 saturated carbocycles. The molecule has 2 atom stereocenters. The van der Waals surface area contributed by atoms with Crippen LogP contribution in [0.5, 0.6) is 11.5 Å². The van der Waals surface area contributed by atoms with Crippen LogP contribution in [0.4, 0.5) is 0 Å². The molecule has 2 saturated heterocycles. The summed E-state index contributed by atoms with van der Waals surface area (Å²) < 4.78 is 10.8. The smallest absolute Gasteiger partial charge is 0.191 e. The Balaban J connectivity index is 0.00000385. The molecular weight excluding hydrogens is 531 g/mol. The number of hydrogen-bond acceptors (Lipinski definition) is 6. The minimum atomic E-state index is 0. The van der Waals surface area contributed by atoms with Gasteiger partial charge in [-0.15, -0.1) is 24.0 Å². The van der Waals surface area contributed by atoms with Gasteiger partial charge in [0.2, 0.25) is 0 Å². The monoisotopic (exact) mass is 574 g/mol. The molecule has 2 heterocycles. The second-order valence-electron chi connectivity index (χ2n) is 8.99. The fourth-order valence-electron chi connectivity index (χ4n) is 4.42. The van der Waals surface area contributed by atoms with Crippen molar-refractivity contribution in [2.24, 2.45) is 4.99 Å². The van der Waals surface area contributed by atoms with Crippen molar-refractivity contribution in [3.63, 3.8) is 0 Å². The van der Waals surface area contributed by atoms with E-state index < -0.39 is 0 Å². The van der Waals surface area contributed by atoms with Gasteiger partial charge in [-0.05, 0) is 45.0 Å². The largest absolute Gasteiger partial charge is 0.497 e. The number of halogens is 1. The predicted octanol–water partition coefficient (Wildman–Crippen LogP) is 2.09. The van der Waals surface area contributed by atoms with Gasteiger partial charge in [0, 0.05) is 70.5 Å². The Labute approximate surface area is 217 Å². The number of nitrogens with zero attached hydrogens (tertiary/aromatic N) is 4. The van der Waals surface area contributed by atoms with Crippen LogP contribution >= 0.6 is 24.0 Å². The zero-order valence-electron chi connectivity index (χ0n) is 21.0. The third kappa shape index (κ3) is 8.77. The van der Waals surface area contributed by atoms with Crippen molar-refractivity contribution in [2.45, 2.75) is 38.9 Å². The van der Waals surface area contributed by atoms with Crippen LogP contribution in [0.1, 0.15) is 25.8 Å². The first-order valence-electron chi connectivity index (χ1n) is 11.9. The lowest BCUT2D eigenvalue weighted by molar-refractivity contribution is 0.122. The maximum atomic E-state index is 5.42. The maximum absolute atomic E-state index is 5.42. The lowest BCUT2D eigenvalue weighted by Crippen LogP contribution is -2.49. The summed E-state index contributed by atoms with van der Waals surface area (Å²) in [5, 5.41) is 7.09. The SMILES string of the molecule is CCNC(=NCC(C)N1CCN(C)CC1)NC1CCN(Cc2cc(OC)cc(OC)c2)C1.I. The van der Waals surface area contributed by atoms with Crippen molar-refractivity contribution < 1.29 is 9.47 Å². The van der Waals surface area contributed by atoms with Crippen molar-refractivity contribution in [1.82, 2.24) is 25.3 Å². The number of nitrogens with one attached hydrogen (secondary N) is 2. The fraction of sp³-hybridized carbons (Fsp3) is 0.708. The molecule has 0 aliphatic carbocycles. The van der Waals surface area contributed by atoms with Gasteiger partial charge >= 0.3 is 0 Å². The van der Waals surface area contributed by atoms with Crippen LogP contribution in [0.15, 0.2) is 23.2 Å². The summed E-state index contributed by atoms with van der Waals surface area (Å²) in [7, 11) is 5.59. The molecule has 2 unspecified atom stereocenters. The minimum Gasteiger partial charge on any atom is -0.497 e. The summed E-state index contributed by atoms with van der Waals surface area (Å²) in [4.78, 5) is 12.3. The predicted molar refractivity (Wildman–Crippen MR) is 146 cm³/mol. The van der Waals surface area contributed by atoms with E-state index in [2.05, 4.69) is 58.4 Å². The summed E-state index contributed by atoms with van der Waals surface area (Å²) in [6, 6.07) is 6.96. The van der Waals surface area contributed by atoms with Crippen molar-refractivity contribution in [3.05, 3.63) is 23.8 Å². The number of methoxy groups -OCH3 is 2. The molecule has 188 valence electrons. The van der Waals surface area contributed by atoms with E-state index in [9.17, 15) is 0 Å². The summed E-state index contributed by atoms with van der Waals surface area (Å²) >= 11 is 0. The Morgan fingerprint density at radius 2 is 1.76 bits per heavy atom. The highest BCUT2D eigenvalue weighted by Crippen LogP contribution is 2.24. The number of likely N-dealkylation sites (N-methyl/N-ethyl adjacent to an activating group) is 1. The molecule has 9 heteroatoms. The lowest BCUT2D eigenvalue weighted by Gasteiger charge is -2.36. The third-order valence-electron chi connectivity index (χ3n) is 6.45. The molecule has 0 spiro atoms. The van der Waals surface area contributed by atoms with Gasteiger partial charge in [-0.1, -0.05) is 0 Å². The second-order valence-corrected chi connectivity index (χ2v) is 8.99. The molecule has 2 N–H and O–H groups in total. The van der Waals surface area contributed by atoms with Gasteiger partial charge in [0.15, 0.2) is 5.96 Å². The van der Waals surface area contributed by atoms with Crippen LogP contribution in [0.2, 0.25) is 0 Å². The Morgan fingerprint density at radius 1 is 1.09 bits per heavy atom. The van der Waals surface area contributed by atoms with Crippen molar-refractivity contribution >= 4 is 29.9 Å². The van der Waals surface area contributed by atoms with E-state index >= 15 is 0 Å². The molecule has 0 bridgehead atoms. The van der Waals surface area contributed by atoms with Crippen LogP contribution < -0.4 is 20.1 Å². The van der Waals surface area contributed by atoms with E-state index in [4.69, 9.17) is 14.5 Å². The molecule has 8 nitrogen and oxygen atoms in total. The number of benzene rings is 1. The van der Waals surface area contributed by atoms with Gasteiger partial charge in [0.05, 0.1) is 20.8 Å². The van der Waals surface area contributed by atoms with E-state index in [-0.39, 0.29) is 24.0 Å². The second kappa shape index (κ2) is 14.2. The topological polar surface area (TPSA) is 64.6 Å². The molecular formula is C24H43IN6O2. The van der Waals surface area contributed by atoms with Crippen LogP contribution in [0, 0.1) is 0 Å². The van der Waals surface area contributed by atoms with E-state index in [1.54, 1.807) is 14.2 Å². The molecule has 2 fully saturated rings. The summed E-state index contributed by atoms with van der Waals surface area (Å²) in [6.45, 7) is 13.6. The molecule has 2 aliphatic heterocycles. The van der Waals surface area contributed by atoms with Gasteiger partial charge in [-0.2, -0.15) is 0 Å². The molecule has 1 aromatic rings. The first-order valence-corrected chi connectivity index (χ1v) is 11.9. The van der Waals surface area contributed by atoms with Gasteiger partial charge in [0.25, 0.3) is 0 Å². The fourth-order valence-corrected chi connectivity index (χ4v) is 4.42. The molecule has 1 aromatic carbocycles. The van der Waals surface area contributed by atoms with E-state index in [1.807, 2.05) is 6.07 Å².